The first-order chi connectivity index (χ1) is 18.2. The number of para-hydroxylation sites is 1. The van der Waals surface area contributed by atoms with Gasteiger partial charge in [0.2, 0.25) is 11.8 Å². The molecule has 2 amide bonds. The van der Waals surface area contributed by atoms with Crippen LogP contribution < -0.4 is 9.62 Å². The van der Waals surface area contributed by atoms with Crippen molar-refractivity contribution < 1.29 is 18.0 Å². The predicted octanol–water partition coefficient (Wildman–Crippen LogP) is 5.94. The summed E-state index contributed by atoms with van der Waals surface area (Å²) < 4.78 is 29.7. The van der Waals surface area contributed by atoms with Gasteiger partial charge < -0.3 is 10.2 Å². The monoisotopic (exact) mass is 633 g/mol. The van der Waals surface area contributed by atoms with Gasteiger partial charge in [0.25, 0.3) is 10.0 Å². The third kappa shape index (κ3) is 8.06. The standard InChI is InChI=1S/C29H33BrClN3O4S/c1-20-9-6-7-12-26(20)34(39(37,38)25-15-13-24(31)14-16-25)19-27(35)33(18-22-10-8-11-23(30)17-22)21(2)28(36)32-29(3,4)5/h6-17,21H,18-19H2,1-5H3,(H,32,36)/t21-/m0/s1. The summed E-state index contributed by atoms with van der Waals surface area (Å²) in [5, 5.41) is 3.32. The van der Waals surface area contributed by atoms with Gasteiger partial charge in [-0.05, 0) is 88.2 Å². The lowest BCUT2D eigenvalue weighted by Gasteiger charge is -2.33. The number of nitrogens with one attached hydrogen (secondary N) is 1. The van der Waals surface area contributed by atoms with Crippen molar-refractivity contribution in [3.05, 3.63) is 93.4 Å². The second-order valence-corrected chi connectivity index (χ2v) is 13.5. The van der Waals surface area contributed by atoms with E-state index in [1.165, 1.54) is 29.2 Å². The number of rotatable bonds is 9. The third-order valence-electron chi connectivity index (χ3n) is 5.97. The van der Waals surface area contributed by atoms with Gasteiger partial charge in [0.05, 0.1) is 10.6 Å². The van der Waals surface area contributed by atoms with Gasteiger partial charge >= 0.3 is 0 Å². The molecule has 0 bridgehead atoms. The summed E-state index contributed by atoms with van der Waals surface area (Å²) in [4.78, 5) is 28.5. The minimum atomic E-state index is -4.16. The van der Waals surface area contributed by atoms with Gasteiger partial charge in [0.15, 0.2) is 0 Å². The Hall–Kier alpha value is -2.88. The highest BCUT2D eigenvalue weighted by Crippen LogP contribution is 2.28. The molecule has 0 aliphatic carbocycles. The first-order valence-electron chi connectivity index (χ1n) is 12.4. The summed E-state index contributed by atoms with van der Waals surface area (Å²) in [7, 11) is -4.16. The Bertz CT molecular complexity index is 1440. The lowest BCUT2D eigenvalue weighted by atomic mass is 10.1. The smallest absolute Gasteiger partial charge is 0.264 e. The molecule has 0 saturated carbocycles. The zero-order valence-corrected chi connectivity index (χ0v) is 25.8. The highest BCUT2D eigenvalue weighted by Gasteiger charge is 2.33. The van der Waals surface area contributed by atoms with E-state index in [0.29, 0.717) is 16.3 Å². The molecule has 0 unspecified atom stereocenters. The summed E-state index contributed by atoms with van der Waals surface area (Å²) in [5.41, 5.74) is 1.33. The SMILES string of the molecule is Cc1ccccc1N(CC(=O)N(Cc1cccc(Br)c1)[C@@H](C)C(=O)NC(C)(C)C)S(=O)(=O)c1ccc(Cl)cc1. The van der Waals surface area contributed by atoms with Gasteiger partial charge in [-0.15, -0.1) is 0 Å². The van der Waals surface area contributed by atoms with E-state index in [9.17, 15) is 18.0 Å². The fourth-order valence-corrected chi connectivity index (χ4v) is 6.03. The Morgan fingerprint density at radius 2 is 1.64 bits per heavy atom. The molecule has 208 valence electrons. The van der Waals surface area contributed by atoms with Crippen LogP contribution in [0.15, 0.2) is 82.2 Å². The third-order valence-corrected chi connectivity index (χ3v) is 8.49. The van der Waals surface area contributed by atoms with Gasteiger partial charge in [-0.25, -0.2) is 8.42 Å². The largest absolute Gasteiger partial charge is 0.350 e. The Labute approximate surface area is 244 Å². The average Bonchev–Trinajstić information content (AvgIpc) is 2.85. The molecule has 1 atom stereocenters. The molecular weight excluding hydrogens is 602 g/mol. The van der Waals surface area contributed by atoms with Gasteiger partial charge in [-0.1, -0.05) is 57.9 Å². The van der Waals surface area contributed by atoms with Crippen LogP contribution in [0.3, 0.4) is 0 Å². The maximum atomic E-state index is 14.0. The first kappa shape index (κ1) is 30.7. The van der Waals surface area contributed by atoms with Crippen LogP contribution in [0.1, 0.15) is 38.8 Å². The van der Waals surface area contributed by atoms with Crippen molar-refractivity contribution in [2.75, 3.05) is 10.8 Å². The Morgan fingerprint density at radius 1 is 1.00 bits per heavy atom. The predicted molar refractivity (Wildman–Crippen MR) is 159 cm³/mol. The number of anilines is 1. The van der Waals surface area contributed by atoms with Crippen LogP contribution in [0.4, 0.5) is 5.69 Å². The fraction of sp³-hybridized carbons (Fsp3) is 0.310. The molecule has 0 spiro atoms. The summed E-state index contributed by atoms with van der Waals surface area (Å²) in [6.45, 7) is 8.60. The Balaban J connectivity index is 2.05. The maximum absolute atomic E-state index is 14.0. The van der Waals surface area contributed by atoms with Gasteiger partial charge in [0, 0.05) is 21.6 Å². The van der Waals surface area contributed by atoms with Crippen LogP contribution in [0.25, 0.3) is 0 Å². The number of sulfonamides is 1. The molecule has 3 aromatic rings. The van der Waals surface area contributed by atoms with Crippen molar-refractivity contribution in [2.45, 2.75) is 57.6 Å². The average molecular weight is 635 g/mol. The quantitative estimate of drug-likeness (QED) is 0.316. The molecule has 10 heteroatoms. The van der Waals surface area contributed by atoms with E-state index in [2.05, 4.69) is 21.2 Å². The molecule has 3 rings (SSSR count). The molecule has 39 heavy (non-hydrogen) atoms. The highest BCUT2D eigenvalue weighted by atomic mass is 79.9. The van der Waals surface area contributed by atoms with E-state index >= 15 is 0 Å². The molecule has 0 radical (unpaired) electrons. The Kier molecular flexibility index (Phi) is 9.85. The van der Waals surface area contributed by atoms with E-state index in [4.69, 9.17) is 11.6 Å². The van der Waals surface area contributed by atoms with Crippen molar-refractivity contribution in [1.29, 1.82) is 0 Å². The lowest BCUT2D eigenvalue weighted by Crippen LogP contribution is -2.54. The minimum Gasteiger partial charge on any atom is -0.350 e. The first-order valence-corrected chi connectivity index (χ1v) is 15.0. The number of carbonyl (C=O) groups excluding carboxylic acids is 2. The van der Waals surface area contributed by atoms with E-state index in [-0.39, 0.29) is 17.3 Å². The number of halogens is 2. The second kappa shape index (κ2) is 12.5. The second-order valence-electron chi connectivity index (χ2n) is 10.3. The molecule has 0 fully saturated rings. The number of aryl methyl sites for hydroxylation is 1. The summed E-state index contributed by atoms with van der Waals surface area (Å²) >= 11 is 9.45. The van der Waals surface area contributed by atoms with Crippen LogP contribution in [-0.2, 0) is 26.2 Å². The summed E-state index contributed by atoms with van der Waals surface area (Å²) in [5.74, 6) is -0.860. The molecule has 0 aliphatic heterocycles. The van der Waals surface area contributed by atoms with Crippen molar-refractivity contribution in [3.8, 4) is 0 Å². The van der Waals surface area contributed by atoms with Gasteiger partial charge in [-0.2, -0.15) is 0 Å². The number of benzene rings is 3. The maximum Gasteiger partial charge on any atom is 0.264 e. The molecule has 0 heterocycles. The van der Waals surface area contributed by atoms with E-state index in [0.717, 1.165) is 14.3 Å². The summed E-state index contributed by atoms with van der Waals surface area (Å²) in [6.07, 6.45) is 0. The lowest BCUT2D eigenvalue weighted by molar-refractivity contribution is -0.140. The number of hydrogen-bond donors (Lipinski definition) is 1. The topological polar surface area (TPSA) is 86.8 Å². The van der Waals surface area contributed by atoms with Gasteiger partial charge in [0.1, 0.15) is 12.6 Å². The molecule has 7 nitrogen and oxygen atoms in total. The van der Waals surface area contributed by atoms with Crippen molar-refractivity contribution in [3.63, 3.8) is 0 Å². The summed E-state index contributed by atoms with van der Waals surface area (Å²) in [6, 6.07) is 19.3. The van der Waals surface area contributed by atoms with Crippen molar-refractivity contribution >= 4 is 55.1 Å². The number of amides is 2. The van der Waals surface area contributed by atoms with Crippen molar-refractivity contribution in [1.82, 2.24) is 10.2 Å². The van der Waals surface area contributed by atoms with Crippen LogP contribution in [0, 0.1) is 6.92 Å². The number of carbonyl (C=O) groups is 2. The molecule has 3 aromatic carbocycles. The zero-order chi connectivity index (χ0) is 29.0. The normalized spacial score (nSPS) is 12.5. The van der Waals surface area contributed by atoms with E-state index in [1.54, 1.807) is 38.1 Å². The van der Waals surface area contributed by atoms with Crippen molar-refractivity contribution in [2.24, 2.45) is 0 Å². The van der Waals surface area contributed by atoms with E-state index in [1.807, 2.05) is 45.0 Å². The Morgan fingerprint density at radius 3 is 2.23 bits per heavy atom. The van der Waals surface area contributed by atoms with Crippen LogP contribution in [-0.4, -0.2) is 43.3 Å². The van der Waals surface area contributed by atoms with E-state index < -0.39 is 34.1 Å². The minimum absolute atomic E-state index is 0.0000158. The zero-order valence-electron chi connectivity index (χ0n) is 22.6. The molecule has 1 N–H and O–H groups in total. The number of hydrogen-bond acceptors (Lipinski definition) is 4. The molecule has 0 saturated heterocycles. The molecule has 0 aromatic heterocycles. The molecular formula is C29H33BrClN3O4S. The fourth-order valence-electron chi connectivity index (χ4n) is 3.98. The van der Waals surface area contributed by atoms with Crippen LogP contribution in [0.2, 0.25) is 5.02 Å². The molecule has 0 aliphatic rings. The highest BCUT2D eigenvalue weighted by molar-refractivity contribution is 9.10. The van der Waals surface area contributed by atoms with Crippen LogP contribution >= 0.6 is 27.5 Å². The van der Waals surface area contributed by atoms with Crippen LogP contribution in [0.5, 0.6) is 0 Å². The van der Waals surface area contributed by atoms with Gasteiger partial charge in [-0.3, -0.25) is 13.9 Å². The number of nitrogens with zero attached hydrogens (tertiary/aromatic N) is 2.